The van der Waals surface area contributed by atoms with Gasteiger partial charge in [0.1, 0.15) is 0 Å². The van der Waals surface area contributed by atoms with Crippen LogP contribution in [0.5, 0.6) is 0 Å². The van der Waals surface area contributed by atoms with Crippen molar-refractivity contribution in [2.24, 2.45) is 0 Å². The summed E-state index contributed by atoms with van der Waals surface area (Å²) in [5, 5.41) is 9.66. The van der Waals surface area contributed by atoms with Gasteiger partial charge < -0.3 is 10.1 Å². The second-order valence-corrected chi connectivity index (χ2v) is 5.95. The molecular weight excluding hydrogens is 316 g/mol. The summed E-state index contributed by atoms with van der Waals surface area (Å²) in [5.74, 6) is -1.19. The van der Waals surface area contributed by atoms with Crippen LogP contribution in [0.2, 0.25) is 0 Å². The van der Waals surface area contributed by atoms with Crippen LogP contribution < -0.4 is 0 Å². The predicted octanol–water partition coefficient (Wildman–Crippen LogP) is 3.93. The Balaban J connectivity index is 2.13. The van der Waals surface area contributed by atoms with Crippen LogP contribution >= 0.6 is 0 Å². The Hall–Kier alpha value is -3.21. The summed E-state index contributed by atoms with van der Waals surface area (Å²) >= 11 is 0. The van der Waals surface area contributed by atoms with Crippen LogP contribution in [0.25, 0.3) is 11.3 Å². The zero-order valence-electron chi connectivity index (χ0n) is 13.8. The molecule has 5 nitrogen and oxygen atoms in total. The number of carboxylic acids is 1. The van der Waals surface area contributed by atoms with Gasteiger partial charge >= 0.3 is 5.97 Å². The standard InChI is InChI=1S/C20H18N2O3/c1-13(11-14-5-3-2-4-6-14)17-18(20(24)25)16(12-23)22-19(17)15-7-9-21-10-8-15/h2-10,12-13,22H,11H2,1H3,(H,24,25). The van der Waals surface area contributed by atoms with Crippen LogP contribution in [-0.2, 0) is 6.42 Å². The summed E-state index contributed by atoms with van der Waals surface area (Å²) in [4.78, 5) is 30.2. The Morgan fingerprint density at radius 2 is 1.88 bits per heavy atom. The first-order chi connectivity index (χ1) is 12.1. The van der Waals surface area contributed by atoms with Gasteiger partial charge in [0.2, 0.25) is 0 Å². The largest absolute Gasteiger partial charge is 0.478 e. The molecule has 126 valence electrons. The van der Waals surface area contributed by atoms with Crippen LogP contribution in [0.1, 0.15) is 44.8 Å². The fraction of sp³-hybridized carbons (Fsp3) is 0.150. The molecule has 2 aromatic heterocycles. The molecule has 5 heteroatoms. The molecule has 0 saturated heterocycles. The second-order valence-electron chi connectivity index (χ2n) is 5.95. The van der Waals surface area contributed by atoms with Crippen molar-refractivity contribution in [1.29, 1.82) is 0 Å². The highest BCUT2D eigenvalue weighted by Gasteiger charge is 2.27. The fourth-order valence-electron chi connectivity index (χ4n) is 3.16. The van der Waals surface area contributed by atoms with Gasteiger partial charge in [-0.3, -0.25) is 9.78 Å². The highest BCUT2D eigenvalue weighted by atomic mass is 16.4. The van der Waals surface area contributed by atoms with Gasteiger partial charge in [-0.2, -0.15) is 0 Å². The lowest BCUT2D eigenvalue weighted by Gasteiger charge is -2.15. The number of aromatic carboxylic acids is 1. The van der Waals surface area contributed by atoms with Crippen LogP contribution in [0, 0.1) is 0 Å². The van der Waals surface area contributed by atoms with E-state index in [1.807, 2.05) is 37.3 Å². The Morgan fingerprint density at radius 3 is 2.48 bits per heavy atom. The SMILES string of the molecule is CC(Cc1ccccc1)c1c(-c2ccncc2)[nH]c(C=O)c1C(=O)O. The van der Waals surface area contributed by atoms with Crippen LogP contribution in [0.4, 0.5) is 0 Å². The first-order valence-electron chi connectivity index (χ1n) is 8.00. The number of hydrogen-bond donors (Lipinski definition) is 2. The lowest BCUT2D eigenvalue weighted by molar-refractivity contribution is 0.0692. The number of aromatic amines is 1. The third kappa shape index (κ3) is 3.35. The van der Waals surface area contributed by atoms with Gasteiger partial charge in [-0.25, -0.2) is 4.79 Å². The number of rotatable bonds is 6. The maximum atomic E-state index is 11.8. The predicted molar refractivity (Wildman–Crippen MR) is 94.9 cm³/mol. The molecule has 0 aliphatic carbocycles. The van der Waals surface area contributed by atoms with Gasteiger partial charge in [0, 0.05) is 18.0 Å². The number of hydrogen-bond acceptors (Lipinski definition) is 3. The van der Waals surface area contributed by atoms with Crippen LogP contribution in [0.15, 0.2) is 54.9 Å². The average molecular weight is 334 g/mol. The number of aromatic nitrogens is 2. The van der Waals surface area contributed by atoms with Crippen molar-refractivity contribution in [3.63, 3.8) is 0 Å². The summed E-state index contributed by atoms with van der Waals surface area (Å²) in [5.41, 5.74) is 3.36. The topological polar surface area (TPSA) is 83.0 Å². The van der Waals surface area contributed by atoms with E-state index in [-0.39, 0.29) is 17.2 Å². The molecule has 1 unspecified atom stereocenters. The first kappa shape index (κ1) is 16.6. The third-order valence-electron chi connectivity index (χ3n) is 4.25. The minimum Gasteiger partial charge on any atom is -0.478 e. The van der Waals surface area contributed by atoms with E-state index in [9.17, 15) is 14.7 Å². The number of nitrogens with zero attached hydrogens (tertiary/aromatic N) is 1. The van der Waals surface area contributed by atoms with Crippen molar-refractivity contribution in [2.45, 2.75) is 19.3 Å². The fourth-order valence-corrected chi connectivity index (χ4v) is 3.16. The number of benzene rings is 1. The minimum absolute atomic E-state index is 0.0465. The summed E-state index contributed by atoms with van der Waals surface area (Å²) in [7, 11) is 0. The molecule has 0 radical (unpaired) electrons. The van der Waals surface area contributed by atoms with Gasteiger partial charge in [-0.1, -0.05) is 37.3 Å². The Bertz CT molecular complexity index is 886. The minimum atomic E-state index is -1.10. The molecule has 0 amide bonds. The van der Waals surface area contributed by atoms with Gasteiger partial charge in [0.25, 0.3) is 0 Å². The highest BCUT2D eigenvalue weighted by Crippen LogP contribution is 2.35. The monoisotopic (exact) mass is 334 g/mol. The highest BCUT2D eigenvalue weighted by molar-refractivity contribution is 6.00. The van der Waals surface area contributed by atoms with E-state index in [0.29, 0.717) is 24.0 Å². The molecule has 0 aliphatic heterocycles. The molecule has 2 N–H and O–H groups in total. The molecule has 0 bridgehead atoms. The van der Waals surface area contributed by atoms with E-state index in [1.165, 1.54) is 0 Å². The number of aldehydes is 1. The van der Waals surface area contributed by atoms with Crippen molar-refractivity contribution in [1.82, 2.24) is 9.97 Å². The van der Waals surface area contributed by atoms with Crippen LogP contribution in [0.3, 0.4) is 0 Å². The quantitative estimate of drug-likeness (QED) is 0.669. The lowest BCUT2D eigenvalue weighted by Crippen LogP contribution is -2.08. The molecule has 1 atom stereocenters. The molecule has 0 fully saturated rings. The van der Waals surface area contributed by atoms with Crippen molar-refractivity contribution < 1.29 is 14.7 Å². The van der Waals surface area contributed by atoms with Crippen molar-refractivity contribution in [3.8, 4) is 11.3 Å². The van der Waals surface area contributed by atoms with E-state index in [4.69, 9.17) is 0 Å². The molecule has 1 aromatic carbocycles. The normalized spacial score (nSPS) is 11.9. The molecule has 0 aliphatic rings. The van der Waals surface area contributed by atoms with E-state index < -0.39 is 5.97 Å². The number of H-pyrrole nitrogens is 1. The molecule has 0 saturated carbocycles. The van der Waals surface area contributed by atoms with Gasteiger partial charge in [0.15, 0.2) is 6.29 Å². The number of carboxylic acid groups (broad SMARTS) is 1. The Kier molecular flexibility index (Phi) is 4.75. The molecular formula is C20H18N2O3. The summed E-state index contributed by atoms with van der Waals surface area (Å²) in [6, 6.07) is 13.5. The number of carbonyl (C=O) groups excluding carboxylic acids is 1. The van der Waals surface area contributed by atoms with Crippen molar-refractivity contribution in [3.05, 3.63) is 77.2 Å². The molecule has 2 heterocycles. The number of carbonyl (C=O) groups is 2. The second kappa shape index (κ2) is 7.13. The average Bonchev–Trinajstić information content (AvgIpc) is 3.03. The van der Waals surface area contributed by atoms with E-state index in [0.717, 1.165) is 11.1 Å². The first-order valence-corrected chi connectivity index (χ1v) is 8.00. The van der Waals surface area contributed by atoms with Crippen molar-refractivity contribution >= 4 is 12.3 Å². The smallest absolute Gasteiger partial charge is 0.338 e. The van der Waals surface area contributed by atoms with E-state index in [1.54, 1.807) is 24.5 Å². The van der Waals surface area contributed by atoms with E-state index in [2.05, 4.69) is 9.97 Å². The molecule has 3 rings (SSSR count). The Morgan fingerprint density at radius 1 is 1.20 bits per heavy atom. The Labute approximate surface area is 145 Å². The van der Waals surface area contributed by atoms with Gasteiger partial charge in [0.05, 0.1) is 17.0 Å². The molecule has 25 heavy (non-hydrogen) atoms. The summed E-state index contributed by atoms with van der Waals surface area (Å²) < 4.78 is 0. The zero-order valence-corrected chi connectivity index (χ0v) is 13.8. The lowest BCUT2D eigenvalue weighted by atomic mass is 9.89. The van der Waals surface area contributed by atoms with Crippen LogP contribution in [-0.4, -0.2) is 27.3 Å². The summed E-state index contributed by atoms with van der Waals surface area (Å²) in [6.45, 7) is 1.97. The number of pyridine rings is 1. The third-order valence-corrected chi connectivity index (χ3v) is 4.25. The van der Waals surface area contributed by atoms with E-state index >= 15 is 0 Å². The molecule has 3 aromatic rings. The maximum Gasteiger partial charge on any atom is 0.338 e. The number of nitrogens with one attached hydrogen (secondary N) is 1. The summed E-state index contributed by atoms with van der Waals surface area (Å²) in [6.07, 6.45) is 4.52. The van der Waals surface area contributed by atoms with Gasteiger partial charge in [-0.05, 0) is 35.6 Å². The zero-order chi connectivity index (χ0) is 17.8. The van der Waals surface area contributed by atoms with Gasteiger partial charge in [-0.15, -0.1) is 0 Å². The van der Waals surface area contributed by atoms with Crippen molar-refractivity contribution in [2.75, 3.05) is 0 Å². The molecule has 0 spiro atoms. The maximum absolute atomic E-state index is 11.8.